The van der Waals surface area contributed by atoms with Crippen molar-refractivity contribution in [2.45, 2.75) is 33.0 Å². The zero-order valence-corrected chi connectivity index (χ0v) is 20.2. The van der Waals surface area contributed by atoms with Crippen LogP contribution in [-0.2, 0) is 26.1 Å². The molecule has 0 aliphatic heterocycles. The van der Waals surface area contributed by atoms with Gasteiger partial charge < -0.3 is 14.5 Å². The number of rotatable bonds is 12. The largest absolute Gasteiger partial charge is 0.494 e. The Morgan fingerprint density at radius 2 is 1.72 bits per heavy atom. The lowest BCUT2D eigenvalue weighted by molar-refractivity contribution is 0.0949. The van der Waals surface area contributed by atoms with Crippen LogP contribution in [0.5, 0.6) is 5.75 Å². The Morgan fingerprint density at radius 1 is 1.00 bits per heavy atom. The molecule has 0 unspecified atom stereocenters. The summed E-state index contributed by atoms with van der Waals surface area (Å²) in [6.07, 6.45) is 3.73. The molecule has 186 valence electrons. The molecule has 0 radical (unpaired) electrons. The Kier molecular flexibility index (Phi) is 8.77. The smallest absolute Gasteiger partial charge is 0.273 e. The van der Waals surface area contributed by atoms with Gasteiger partial charge in [-0.2, -0.15) is 0 Å². The fraction of sp³-hybridized carbons (Fsp3) is 0.250. The highest BCUT2D eigenvalue weighted by molar-refractivity contribution is 5.91. The van der Waals surface area contributed by atoms with E-state index in [-0.39, 0.29) is 17.4 Å². The van der Waals surface area contributed by atoms with Gasteiger partial charge in [0.2, 0.25) is 5.89 Å². The second-order valence-electron chi connectivity index (χ2n) is 8.30. The van der Waals surface area contributed by atoms with Crippen molar-refractivity contribution in [1.29, 1.82) is 0 Å². The summed E-state index contributed by atoms with van der Waals surface area (Å²) in [6, 6.07) is 20.0. The third kappa shape index (κ3) is 7.48. The number of ether oxygens (including phenoxy) is 1. The van der Waals surface area contributed by atoms with E-state index in [2.05, 4.69) is 20.2 Å². The Balaban J connectivity index is 1.39. The minimum Gasteiger partial charge on any atom is -0.494 e. The fourth-order valence-corrected chi connectivity index (χ4v) is 3.75. The summed E-state index contributed by atoms with van der Waals surface area (Å²) >= 11 is 0. The number of pyridine rings is 1. The number of oxazole rings is 1. The Hall–Kier alpha value is -4.04. The normalized spacial score (nSPS) is 11.0. The highest BCUT2D eigenvalue weighted by atomic mass is 19.1. The van der Waals surface area contributed by atoms with Crippen LogP contribution in [0.25, 0.3) is 0 Å². The number of halogens is 1. The van der Waals surface area contributed by atoms with Crippen molar-refractivity contribution in [3.63, 3.8) is 0 Å². The van der Waals surface area contributed by atoms with Crippen molar-refractivity contribution in [3.05, 3.63) is 113 Å². The zero-order valence-electron chi connectivity index (χ0n) is 20.2. The van der Waals surface area contributed by atoms with Gasteiger partial charge >= 0.3 is 0 Å². The van der Waals surface area contributed by atoms with Gasteiger partial charge in [-0.25, -0.2) is 9.37 Å². The summed E-state index contributed by atoms with van der Waals surface area (Å²) in [6.45, 7) is 4.56. The Bertz CT molecular complexity index is 1230. The van der Waals surface area contributed by atoms with Crippen LogP contribution >= 0.6 is 0 Å². The van der Waals surface area contributed by atoms with Gasteiger partial charge in [0, 0.05) is 37.9 Å². The molecule has 1 N–H and O–H groups in total. The molecule has 0 saturated heterocycles. The van der Waals surface area contributed by atoms with Crippen LogP contribution in [0.2, 0.25) is 0 Å². The molecular formula is C28H29FN4O3. The van der Waals surface area contributed by atoms with Crippen molar-refractivity contribution < 1.29 is 18.3 Å². The third-order valence-electron chi connectivity index (χ3n) is 5.50. The van der Waals surface area contributed by atoms with E-state index in [1.165, 1.54) is 18.4 Å². The first-order valence-electron chi connectivity index (χ1n) is 11.9. The number of aromatic nitrogens is 2. The van der Waals surface area contributed by atoms with Gasteiger partial charge in [0.15, 0.2) is 5.69 Å². The summed E-state index contributed by atoms with van der Waals surface area (Å²) in [5.41, 5.74) is 3.18. The van der Waals surface area contributed by atoms with Crippen LogP contribution in [0, 0.1) is 5.82 Å². The highest BCUT2D eigenvalue weighted by Gasteiger charge is 2.16. The second kappa shape index (κ2) is 12.6. The minimum atomic E-state index is -0.294. The van der Waals surface area contributed by atoms with Gasteiger partial charge in [0.05, 0.1) is 13.2 Å². The molecule has 0 atom stereocenters. The minimum absolute atomic E-state index is 0.230. The fourth-order valence-electron chi connectivity index (χ4n) is 3.75. The molecule has 0 bridgehead atoms. The first-order valence-corrected chi connectivity index (χ1v) is 11.9. The standard InChI is InChI=1S/C28H29FN4O3/c1-2-35-25-12-8-22(9-13-25)18-33(17-21-6-10-23(29)11-7-21)19-27-32-26(20-36-27)28(34)31-16-14-24-5-3-4-15-30-24/h3-13,15,20H,2,14,16-19H2,1H3,(H,31,34). The van der Waals surface area contributed by atoms with Gasteiger partial charge in [0.25, 0.3) is 5.91 Å². The summed E-state index contributed by atoms with van der Waals surface area (Å²) in [5.74, 6) is 0.677. The molecular weight excluding hydrogens is 459 g/mol. The number of carbonyl (C=O) groups excluding carboxylic acids is 1. The number of hydrogen-bond donors (Lipinski definition) is 1. The van der Waals surface area contributed by atoms with Gasteiger partial charge in [0.1, 0.15) is 17.8 Å². The quantitative estimate of drug-likeness (QED) is 0.309. The highest BCUT2D eigenvalue weighted by Crippen LogP contribution is 2.18. The molecule has 0 aliphatic carbocycles. The Morgan fingerprint density at radius 3 is 2.39 bits per heavy atom. The molecule has 0 spiro atoms. The SMILES string of the molecule is CCOc1ccc(CN(Cc2ccc(F)cc2)Cc2nc(C(=O)NCCc3ccccn3)co2)cc1. The van der Waals surface area contributed by atoms with E-state index < -0.39 is 0 Å². The number of nitrogens with one attached hydrogen (secondary N) is 1. The second-order valence-corrected chi connectivity index (χ2v) is 8.30. The summed E-state index contributed by atoms with van der Waals surface area (Å²) < 4.78 is 24.5. The number of nitrogens with zero attached hydrogens (tertiary/aromatic N) is 3. The average molecular weight is 489 g/mol. The lowest BCUT2D eigenvalue weighted by Gasteiger charge is -2.21. The summed E-state index contributed by atoms with van der Waals surface area (Å²) in [4.78, 5) is 23.3. The third-order valence-corrected chi connectivity index (χ3v) is 5.50. The molecule has 36 heavy (non-hydrogen) atoms. The molecule has 4 aromatic rings. The maximum absolute atomic E-state index is 13.4. The van der Waals surface area contributed by atoms with Gasteiger partial charge in [-0.1, -0.05) is 30.3 Å². The lowest BCUT2D eigenvalue weighted by Crippen LogP contribution is -2.26. The maximum atomic E-state index is 13.4. The van der Waals surface area contributed by atoms with Crippen LogP contribution in [0.3, 0.4) is 0 Å². The molecule has 1 amide bonds. The molecule has 7 nitrogen and oxygen atoms in total. The number of carbonyl (C=O) groups is 1. The molecule has 0 aliphatic rings. The number of amides is 1. The van der Waals surface area contributed by atoms with E-state index >= 15 is 0 Å². The van der Waals surface area contributed by atoms with Crippen molar-refractivity contribution >= 4 is 5.91 Å². The van der Waals surface area contributed by atoms with Crippen LogP contribution < -0.4 is 10.1 Å². The Labute approximate surface area is 210 Å². The van der Waals surface area contributed by atoms with Gasteiger partial charge in [-0.05, 0) is 54.4 Å². The van der Waals surface area contributed by atoms with E-state index in [9.17, 15) is 9.18 Å². The maximum Gasteiger partial charge on any atom is 0.273 e. The van der Waals surface area contributed by atoms with Crippen LogP contribution in [0.4, 0.5) is 4.39 Å². The average Bonchev–Trinajstić information content (AvgIpc) is 3.36. The summed E-state index contributed by atoms with van der Waals surface area (Å²) in [5, 5.41) is 2.85. The molecule has 2 aromatic carbocycles. The zero-order chi connectivity index (χ0) is 25.2. The molecule has 2 heterocycles. The van der Waals surface area contributed by atoms with Crippen molar-refractivity contribution in [2.24, 2.45) is 0 Å². The van der Waals surface area contributed by atoms with Gasteiger partial charge in [-0.15, -0.1) is 0 Å². The number of benzene rings is 2. The topological polar surface area (TPSA) is 80.5 Å². The van der Waals surface area contributed by atoms with Gasteiger partial charge in [-0.3, -0.25) is 14.7 Å². The monoisotopic (exact) mass is 488 g/mol. The van der Waals surface area contributed by atoms with E-state index in [0.717, 1.165) is 22.6 Å². The molecule has 4 rings (SSSR count). The van der Waals surface area contributed by atoms with Crippen molar-refractivity contribution in [2.75, 3.05) is 13.2 Å². The summed E-state index contributed by atoms with van der Waals surface area (Å²) in [7, 11) is 0. The molecule has 0 saturated carbocycles. The van der Waals surface area contributed by atoms with Crippen LogP contribution in [0.1, 0.15) is 40.1 Å². The molecule has 8 heteroatoms. The van der Waals surface area contributed by atoms with Crippen LogP contribution in [-0.4, -0.2) is 33.9 Å². The van der Waals surface area contributed by atoms with E-state index in [1.54, 1.807) is 18.3 Å². The predicted molar refractivity (Wildman–Crippen MR) is 134 cm³/mol. The van der Waals surface area contributed by atoms with Crippen molar-refractivity contribution in [3.8, 4) is 5.75 Å². The molecule has 0 fully saturated rings. The first-order chi connectivity index (χ1) is 17.6. The molecule has 2 aromatic heterocycles. The first kappa shape index (κ1) is 25.1. The van der Waals surface area contributed by atoms with Crippen molar-refractivity contribution in [1.82, 2.24) is 20.2 Å². The lowest BCUT2D eigenvalue weighted by atomic mass is 10.1. The number of hydrogen-bond acceptors (Lipinski definition) is 6. The predicted octanol–water partition coefficient (Wildman–Crippen LogP) is 4.78. The van der Waals surface area contributed by atoms with E-state index in [0.29, 0.717) is 45.1 Å². The van der Waals surface area contributed by atoms with Crippen LogP contribution in [0.15, 0.2) is 83.6 Å². The van der Waals surface area contributed by atoms with E-state index in [4.69, 9.17) is 9.15 Å². The van der Waals surface area contributed by atoms with E-state index in [1.807, 2.05) is 49.4 Å².